The smallest absolute Gasteiger partial charge is 0.265 e. The first-order valence-electron chi connectivity index (χ1n) is 12.5. The van der Waals surface area contributed by atoms with Crippen LogP contribution in [0.25, 0.3) is 6.08 Å². The molecule has 0 unspecified atom stereocenters. The van der Waals surface area contributed by atoms with E-state index < -0.39 is 0 Å². The highest BCUT2D eigenvalue weighted by molar-refractivity contribution is 9.10. The Hall–Kier alpha value is -2.87. The number of carbonyl (C=O) groups excluding carboxylic acids is 2. The van der Waals surface area contributed by atoms with E-state index in [1.165, 1.54) is 17.3 Å². The normalized spacial score (nSPS) is 14.4. The molecule has 1 N–H and O–H groups in total. The van der Waals surface area contributed by atoms with E-state index in [0.717, 1.165) is 40.1 Å². The molecule has 0 spiro atoms. The number of anilines is 1. The number of halogens is 1. The van der Waals surface area contributed by atoms with Crippen LogP contribution in [0.15, 0.2) is 93.1 Å². The second kappa shape index (κ2) is 13.1. The molecule has 1 aliphatic heterocycles. The van der Waals surface area contributed by atoms with Crippen molar-refractivity contribution in [2.24, 2.45) is 0 Å². The van der Waals surface area contributed by atoms with Gasteiger partial charge < -0.3 is 5.32 Å². The Morgan fingerprint density at radius 1 is 1.05 bits per heavy atom. The van der Waals surface area contributed by atoms with Gasteiger partial charge in [-0.1, -0.05) is 82.3 Å². The summed E-state index contributed by atoms with van der Waals surface area (Å²) in [6.07, 6.45) is 2.72. The summed E-state index contributed by atoms with van der Waals surface area (Å²) in [5, 5.41) is 3.02. The molecule has 1 heterocycles. The predicted molar refractivity (Wildman–Crippen MR) is 156 cm³/mol. The molecule has 0 fully saturated rings. The average Bonchev–Trinajstić information content (AvgIpc) is 2.89. The molecule has 0 radical (unpaired) electrons. The van der Waals surface area contributed by atoms with Crippen LogP contribution in [0.1, 0.15) is 31.4 Å². The maximum absolute atomic E-state index is 13.4. The van der Waals surface area contributed by atoms with E-state index in [2.05, 4.69) is 64.3 Å². The Balaban J connectivity index is 1.37. The van der Waals surface area contributed by atoms with Gasteiger partial charge in [0.15, 0.2) is 0 Å². The minimum absolute atomic E-state index is 0.00978. The number of carbonyl (C=O) groups is 2. The number of thioether (sulfide) groups is 1. The van der Waals surface area contributed by atoms with Gasteiger partial charge in [-0.2, -0.15) is 0 Å². The molecule has 3 aromatic rings. The molecule has 192 valence electrons. The fraction of sp³-hybridized carbons (Fsp3) is 0.267. The highest BCUT2D eigenvalue weighted by atomic mass is 79.9. The van der Waals surface area contributed by atoms with Crippen LogP contribution in [0.4, 0.5) is 5.69 Å². The number of amides is 2. The fourth-order valence-corrected chi connectivity index (χ4v) is 5.69. The van der Waals surface area contributed by atoms with Gasteiger partial charge >= 0.3 is 0 Å². The summed E-state index contributed by atoms with van der Waals surface area (Å²) in [5.74, 6) is -0.316. The maximum Gasteiger partial charge on any atom is 0.265 e. The van der Waals surface area contributed by atoms with Crippen LogP contribution in [-0.4, -0.2) is 42.4 Å². The highest BCUT2D eigenvalue weighted by Crippen LogP contribution is 2.42. The van der Waals surface area contributed by atoms with Gasteiger partial charge in [-0.25, -0.2) is 0 Å². The fourth-order valence-electron chi connectivity index (χ4n) is 4.21. The lowest BCUT2D eigenvalue weighted by molar-refractivity contribution is -0.122. The summed E-state index contributed by atoms with van der Waals surface area (Å²) in [5.41, 5.74) is 2.99. The van der Waals surface area contributed by atoms with Crippen LogP contribution in [0.2, 0.25) is 0 Å². The van der Waals surface area contributed by atoms with Crippen molar-refractivity contribution in [3.63, 3.8) is 0 Å². The van der Waals surface area contributed by atoms with E-state index in [4.69, 9.17) is 0 Å². The third-order valence-electron chi connectivity index (χ3n) is 6.18. The quantitative estimate of drug-likeness (QED) is 0.225. The van der Waals surface area contributed by atoms with Crippen LogP contribution >= 0.6 is 27.7 Å². The zero-order chi connectivity index (χ0) is 26.2. The molecule has 0 saturated heterocycles. The lowest BCUT2D eigenvalue weighted by Crippen LogP contribution is -2.43. The summed E-state index contributed by atoms with van der Waals surface area (Å²) in [6, 6.07) is 26.4. The summed E-state index contributed by atoms with van der Waals surface area (Å²) < 4.78 is 0.951. The van der Waals surface area contributed by atoms with E-state index in [1.807, 2.05) is 60.7 Å². The zero-order valence-electron chi connectivity index (χ0n) is 21.2. The third kappa shape index (κ3) is 7.57. The van der Waals surface area contributed by atoms with Crippen LogP contribution < -0.4 is 10.2 Å². The topological polar surface area (TPSA) is 52.7 Å². The first-order chi connectivity index (χ1) is 17.9. The molecule has 0 bridgehead atoms. The predicted octanol–water partition coefficient (Wildman–Crippen LogP) is 6.35. The van der Waals surface area contributed by atoms with Crippen LogP contribution in [-0.2, 0) is 16.1 Å². The van der Waals surface area contributed by atoms with E-state index in [0.29, 0.717) is 17.5 Å². The summed E-state index contributed by atoms with van der Waals surface area (Å²) in [7, 11) is 0. The van der Waals surface area contributed by atoms with Crippen molar-refractivity contribution in [3.8, 4) is 0 Å². The maximum atomic E-state index is 13.4. The van der Waals surface area contributed by atoms with Crippen molar-refractivity contribution in [2.75, 3.05) is 24.5 Å². The molecular formula is C30H32BrN3O2S. The molecular weight excluding hydrogens is 546 g/mol. The van der Waals surface area contributed by atoms with Gasteiger partial charge in [0.1, 0.15) is 6.54 Å². The lowest BCUT2D eigenvalue weighted by atomic mass is 10.2. The number of nitrogens with zero attached hydrogens (tertiary/aromatic N) is 2. The summed E-state index contributed by atoms with van der Waals surface area (Å²) in [6.45, 7) is 6.71. The van der Waals surface area contributed by atoms with Crippen molar-refractivity contribution >= 4 is 51.3 Å². The Morgan fingerprint density at radius 3 is 2.57 bits per heavy atom. The molecule has 5 nitrogen and oxygen atoms in total. The van der Waals surface area contributed by atoms with Gasteiger partial charge in [0, 0.05) is 35.0 Å². The molecule has 0 aromatic heterocycles. The second-order valence-corrected chi connectivity index (χ2v) is 11.3. The highest BCUT2D eigenvalue weighted by Gasteiger charge is 2.30. The van der Waals surface area contributed by atoms with E-state index in [1.54, 1.807) is 4.90 Å². The summed E-state index contributed by atoms with van der Waals surface area (Å²) in [4.78, 5) is 31.9. The van der Waals surface area contributed by atoms with Crippen molar-refractivity contribution in [1.82, 2.24) is 10.2 Å². The third-order valence-corrected chi connectivity index (χ3v) is 7.75. The molecule has 0 aliphatic carbocycles. The van der Waals surface area contributed by atoms with E-state index in [9.17, 15) is 9.59 Å². The lowest BCUT2D eigenvalue weighted by Gasteiger charge is -2.30. The molecule has 4 rings (SSSR count). The van der Waals surface area contributed by atoms with Crippen molar-refractivity contribution in [1.29, 1.82) is 0 Å². The Kier molecular flexibility index (Phi) is 9.61. The zero-order valence-corrected chi connectivity index (χ0v) is 23.6. The van der Waals surface area contributed by atoms with Gasteiger partial charge in [-0.15, -0.1) is 0 Å². The van der Waals surface area contributed by atoms with Crippen molar-refractivity contribution in [3.05, 3.63) is 99.4 Å². The van der Waals surface area contributed by atoms with Gasteiger partial charge in [0.25, 0.3) is 5.91 Å². The Labute approximate surface area is 232 Å². The number of hydrogen-bond acceptors (Lipinski definition) is 4. The number of fused-ring (bicyclic) bond motifs is 1. The second-order valence-electron chi connectivity index (χ2n) is 9.28. The minimum atomic E-state index is -0.160. The van der Waals surface area contributed by atoms with Crippen LogP contribution in [0, 0.1) is 0 Å². The first kappa shape index (κ1) is 27.2. The average molecular weight is 579 g/mol. The molecule has 2 amide bonds. The number of benzene rings is 3. The van der Waals surface area contributed by atoms with Gasteiger partial charge in [-0.3, -0.25) is 19.4 Å². The van der Waals surface area contributed by atoms with Crippen LogP contribution in [0.3, 0.4) is 0 Å². The number of nitrogens with one attached hydrogen (secondary N) is 1. The molecule has 37 heavy (non-hydrogen) atoms. The Morgan fingerprint density at radius 2 is 1.81 bits per heavy atom. The first-order valence-corrected chi connectivity index (χ1v) is 14.1. The minimum Gasteiger partial charge on any atom is -0.355 e. The van der Waals surface area contributed by atoms with Crippen molar-refractivity contribution in [2.45, 2.75) is 37.8 Å². The number of rotatable bonds is 10. The standard InChI is InChI=1S/C30H32BrN3O2S/c1-22(2)33(20-23-10-4-3-5-11-23)17-9-16-32-29(35)21-34-26-14-6-7-15-27(26)37-28(30(34)36)19-24-12-8-13-25(31)18-24/h3-8,10-15,18-19,22H,9,16-17,20-21H2,1-2H3,(H,32,35)/b28-19+. The molecule has 3 aromatic carbocycles. The number of hydrogen-bond donors (Lipinski definition) is 1. The molecule has 0 atom stereocenters. The van der Waals surface area contributed by atoms with Gasteiger partial charge in [0.2, 0.25) is 5.91 Å². The van der Waals surface area contributed by atoms with Gasteiger partial charge in [0.05, 0.1) is 10.6 Å². The van der Waals surface area contributed by atoms with E-state index in [-0.39, 0.29) is 18.4 Å². The SMILES string of the molecule is CC(C)N(CCCNC(=O)CN1C(=O)/C(=C\c2cccc(Br)c2)Sc2ccccc21)Cc1ccccc1. The van der Waals surface area contributed by atoms with E-state index >= 15 is 0 Å². The van der Waals surface area contributed by atoms with Gasteiger partial charge in [-0.05, 0) is 61.7 Å². The largest absolute Gasteiger partial charge is 0.355 e. The monoisotopic (exact) mass is 577 g/mol. The summed E-state index contributed by atoms with van der Waals surface area (Å²) >= 11 is 4.93. The molecule has 1 aliphatic rings. The van der Waals surface area contributed by atoms with Crippen molar-refractivity contribution < 1.29 is 9.59 Å². The molecule has 7 heteroatoms. The Bertz CT molecular complexity index is 1260. The molecule has 0 saturated carbocycles. The van der Waals surface area contributed by atoms with Crippen LogP contribution in [0.5, 0.6) is 0 Å². The number of para-hydroxylation sites is 1.